The van der Waals surface area contributed by atoms with Crippen molar-refractivity contribution >= 4 is 15.9 Å². The molecule has 4 rings (SSSR count). The van der Waals surface area contributed by atoms with Crippen LogP contribution < -0.4 is 5.32 Å². The van der Waals surface area contributed by atoms with Crippen molar-refractivity contribution in [3.63, 3.8) is 0 Å². The summed E-state index contributed by atoms with van der Waals surface area (Å²) in [5.41, 5.74) is 1.69. The molecule has 0 saturated carbocycles. The lowest BCUT2D eigenvalue weighted by Crippen LogP contribution is -2.36. The van der Waals surface area contributed by atoms with Crippen molar-refractivity contribution in [3.05, 3.63) is 59.7 Å². The summed E-state index contributed by atoms with van der Waals surface area (Å²) >= 11 is 0. The van der Waals surface area contributed by atoms with Gasteiger partial charge in [0.1, 0.15) is 6.04 Å². The van der Waals surface area contributed by atoms with Crippen molar-refractivity contribution in [2.75, 3.05) is 13.1 Å². The van der Waals surface area contributed by atoms with E-state index in [9.17, 15) is 13.2 Å². The number of hydrogen-bond acceptors (Lipinski definition) is 7. The van der Waals surface area contributed by atoms with Crippen LogP contribution in [0.4, 0.5) is 0 Å². The van der Waals surface area contributed by atoms with Crippen LogP contribution in [-0.4, -0.2) is 46.8 Å². The Kier molecular flexibility index (Phi) is 7.08. The number of pyridine rings is 1. The van der Waals surface area contributed by atoms with Crippen LogP contribution in [0.2, 0.25) is 0 Å². The van der Waals surface area contributed by atoms with Gasteiger partial charge in [0, 0.05) is 36.6 Å². The molecule has 2 aromatic heterocycles. The van der Waals surface area contributed by atoms with E-state index < -0.39 is 22.0 Å². The molecule has 1 N–H and O–H groups in total. The highest BCUT2D eigenvalue weighted by Crippen LogP contribution is 2.26. The fourth-order valence-electron chi connectivity index (χ4n) is 3.97. The Hall–Kier alpha value is -3.11. The summed E-state index contributed by atoms with van der Waals surface area (Å²) in [5.74, 6) is 0.213. The number of benzene rings is 1. The van der Waals surface area contributed by atoms with Crippen molar-refractivity contribution in [3.8, 4) is 11.4 Å². The van der Waals surface area contributed by atoms with Gasteiger partial charge in [0.2, 0.25) is 21.7 Å². The largest absolute Gasteiger partial charge is 0.340 e. The Morgan fingerprint density at radius 2 is 1.91 bits per heavy atom. The van der Waals surface area contributed by atoms with Gasteiger partial charge in [-0.15, -0.1) is 0 Å². The molecule has 0 radical (unpaired) electrons. The second-order valence-corrected chi connectivity index (χ2v) is 10.8. The van der Waals surface area contributed by atoms with E-state index in [1.54, 1.807) is 37.5 Å². The molecule has 1 unspecified atom stereocenters. The van der Waals surface area contributed by atoms with Crippen LogP contribution >= 0.6 is 0 Å². The molecule has 3 heterocycles. The first-order chi connectivity index (χ1) is 16.3. The number of aromatic nitrogens is 3. The predicted octanol–water partition coefficient (Wildman–Crippen LogP) is 3.74. The van der Waals surface area contributed by atoms with Gasteiger partial charge in [0.25, 0.3) is 5.91 Å². The summed E-state index contributed by atoms with van der Waals surface area (Å²) in [4.78, 5) is 21.9. The Balaban J connectivity index is 1.58. The van der Waals surface area contributed by atoms with Crippen LogP contribution in [0, 0.1) is 12.8 Å². The van der Waals surface area contributed by atoms with Gasteiger partial charge in [-0.25, -0.2) is 8.42 Å². The highest BCUT2D eigenvalue weighted by Gasteiger charge is 2.29. The minimum atomic E-state index is -3.65. The van der Waals surface area contributed by atoms with Gasteiger partial charge < -0.3 is 9.84 Å². The van der Waals surface area contributed by atoms with Gasteiger partial charge >= 0.3 is 0 Å². The van der Waals surface area contributed by atoms with Crippen molar-refractivity contribution < 1.29 is 17.7 Å². The van der Waals surface area contributed by atoms with Crippen LogP contribution in [0.3, 0.4) is 0 Å². The molecule has 0 aliphatic carbocycles. The topological polar surface area (TPSA) is 118 Å². The molecule has 1 amide bonds. The van der Waals surface area contributed by atoms with E-state index in [1.807, 2.05) is 19.9 Å². The minimum absolute atomic E-state index is 0.0493. The monoisotopic (exact) mass is 483 g/mol. The third-order valence-electron chi connectivity index (χ3n) is 5.99. The van der Waals surface area contributed by atoms with Crippen molar-refractivity contribution in [2.45, 2.75) is 51.0 Å². The minimum Gasteiger partial charge on any atom is -0.340 e. The molecule has 9 nitrogen and oxygen atoms in total. The molecule has 34 heavy (non-hydrogen) atoms. The van der Waals surface area contributed by atoms with Gasteiger partial charge in [-0.3, -0.25) is 9.78 Å². The number of nitrogens with zero attached hydrogens (tertiary/aromatic N) is 4. The zero-order valence-corrected chi connectivity index (χ0v) is 20.4. The predicted molar refractivity (Wildman–Crippen MR) is 126 cm³/mol. The Bertz CT molecular complexity index is 1250. The van der Waals surface area contributed by atoms with Gasteiger partial charge in [-0.05, 0) is 55.5 Å². The number of carbonyl (C=O) groups excluding carboxylic acids is 1. The van der Waals surface area contributed by atoms with Crippen molar-refractivity contribution in [2.24, 2.45) is 5.92 Å². The number of rotatable bonds is 7. The maximum atomic E-state index is 13.3. The van der Waals surface area contributed by atoms with Crippen LogP contribution in [0.15, 0.2) is 52.1 Å². The lowest BCUT2D eigenvalue weighted by atomic mass is 10.0. The highest BCUT2D eigenvalue weighted by atomic mass is 32.2. The van der Waals surface area contributed by atoms with E-state index in [-0.39, 0.29) is 16.7 Å². The third kappa shape index (κ3) is 5.02. The Morgan fingerprint density at radius 3 is 2.59 bits per heavy atom. The maximum Gasteiger partial charge on any atom is 0.252 e. The van der Waals surface area contributed by atoms with Crippen LogP contribution in [0.1, 0.15) is 61.0 Å². The standard InChI is InChI=1S/C24H29N5O4S/c1-16(2)21(24-27-22(28-33-24)18-8-7-11-25-15-18)26-23(30)20-14-19(10-9-17(20)3)34(31,32)29-12-5-4-6-13-29/h7-11,14-16,21H,4-6,12-13H2,1-3H3,(H,26,30). The number of sulfonamides is 1. The SMILES string of the molecule is Cc1ccc(S(=O)(=O)N2CCCCC2)cc1C(=O)NC(c1nc(-c2cccnc2)no1)C(C)C. The molecule has 1 atom stereocenters. The number of aryl methyl sites for hydroxylation is 1. The molecule has 1 aromatic carbocycles. The van der Waals surface area contributed by atoms with Crippen molar-refractivity contribution in [1.82, 2.24) is 24.7 Å². The van der Waals surface area contributed by atoms with Crippen LogP contribution in [0.25, 0.3) is 11.4 Å². The molecule has 1 fully saturated rings. The van der Waals surface area contributed by atoms with Crippen LogP contribution in [-0.2, 0) is 10.0 Å². The third-order valence-corrected chi connectivity index (χ3v) is 7.88. The Labute approximate surface area is 199 Å². The summed E-state index contributed by atoms with van der Waals surface area (Å²) in [6.45, 7) is 6.66. The molecular formula is C24H29N5O4S. The highest BCUT2D eigenvalue weighted by molar-refractivity contribution is 7.89. The number of amides is 1. The van der Waals surface area contributed by atoms with E-state index in [0.717, 1.165) is 19.3 Å². The molecular weight excluding hydrogens is 454 g/mol. The zero-order valence-electron chi connectivity index (χ0n) is 19.6. The summed E-state index contributed by atoms with van der Waals surface area (Å²) < 4.78 is 33.2. The summed E-state index contributed by atoms with van der Waals surface area (Å²) in [7, 11) is -3.65. The molecule has 1 aliphatic rings. The van der Waals surface area contributed by atoms with E-state index in [2.05, 4.69) is 20.4 Å². The van der Waals surface area contributed by atoms with Gasteiger partial charge in [-0.2, -0.15) is 9.29 Å². The lowest BCUT2D eigenvalue weighted by molar-refractivity contribution is 0.0913. The molecule has 0 bridgehead atoms. The van der Waals surface area contributed by atoms with Gasteiger partial charge in [0.05, 0.1) is 4.90 Å². The fourth-order valence-corrected chi connectivity index (χ4v) is 5.51. The number of nitrogens with one attached hydrogen (secondary N) is 1. The quantitative estimate of drug-likeness (QED) is 0.544. The fraction of sp³-hybridized carbons (Fsp3) is 0.417. The first-order valence-electron chi connectivity index (χ1n) is 11.4. The van der Waals surface area contributed by atoms with Gasteiger partial charge in [-0.1, -0.05) is 31.5 Å². The van der Waals surface area contributed by atoms with E-state index in [1.165, 1.54) is 10.4 Å². The molecule has 3 aromatic rings. The van der Waals surface area contributed by atoms with E-state index >= 15 is 0 Å². The number of hydrogen-bond donors (Lipinski definition) is 1. The molecule has 0 spiro atoms. The molecule has 1 aliphatic heterocycles. The maximum absolute atomic E-state index is 13.3. The first-order valence-corrected chi connectivity index (χ1v) is 12.9. The Morgan fingerprint density at radius 1 is 1.15 bits per heavy atom. The first kappa shape index (κ1) is 24.0. The summed E-state index contributed by atoms with van der Waals surface area (Å²) in [6, 6.07) is 7.74. The molecule has 10 heteroatoms. The van der Waals surface area contributed by atoms with E-state index in [0.29, 0.717) is 35.6 Å². The summed E-state index contributed by atoms with van der Waals surface area (Å²) in [6.07, 6.45) is 6.01. The normalized spacial score (nSPS) is 15.9. The zero-order chi connectivity index (χ0) is 24.3. The smallest absolute Gasteiger partial charge is 0.252 e. The average molecular weight is 484 g/mol. The lowest BCUT2D eigenvalue weighted by Gasteiger charge is -2.26. The molecule has 1 saturated heterocycles. The average Bonchev–Trinajstić information content (AvgIpc) is 3.33. The van der Waals surface area contributed by atoms with E-state index in [4.69, 9.17) is 4.52 Å². The number of piperidine rings is 1. The van der Waals surface area contributed by atoms with Crippen molar-refractivity contribution in [1.29, 1.82) is 0 Å². The molecule has 180 valence electrons. The van der Waals surface area contributed by atoms with Gasteiger partial charge in [0.15, 0.2) is 0 Å². The number of carbonyl (C=O) groups is 1. The summed E-state index contributed by atoms with van der Waals surface area (Å²) in [5, 5.41) is 6.98. The van der Waals surface area contributed by atoms with Crippen LogP contribution in [0.5, 0.6) is 0 Å². The second kappa shape index (κ2) is 10.0. The second-order valence-electron chi connectivity index (χ2n) is 8.83.